The first-order valence-corrected chi connectivity index (χ1v) is 8.64. The highest BCUT2D eigenvalue weighted by Crippen LogP contribution is 2.21. The average Bonchev–Trinajstić information content (AvgIpc) is 2.68. The quantitative estimate of drug-likeness (QED) is 0.488. The number of nitriles is 1. The molecule has 3 rings (SSSR count). The summed E-state index contributed by atoms with van der Waals surface area (Å²) in [7, 11) is 0. The molecule has 0 aliphatic heterocycles. The van der Waals surface area contributed by atoms with Gasteiger partial charge in [0.05, 0.1) is 11.9 Å². The highest BCUT2D eigenvalue weighted by molar-refractivity contribution is 9.10. The maximum atomic E-state index is 14.2. The van der Waals surface area contributed by atoms with E-state index >= 15 is 0 Å². The Morgan fingerprint density at radius 3 is 2.74 bits per heavy atom. The largest absolute Gasteiger partial charge is 0.290 e. The molecule has 0 bridgehead atoms. The van der Waals surface area contributed by atoms with E-state index in [9.17, 15) is 14.4 Å². The van der Waals surface area contributed by atoms with Crippen LogP contribution in [0.25, 0.3) is 11.3 Å². The molecule has 0 atom stereocenters. The first kappa shape index (κ1) is 18.5. The van der Waals surface area contributed by atoms with Gasteiger partial charge in [0, 0.05) is 15.6 Å². The summed E-state index contributed by atoms with van der Waals surface area (Å²) in [6, 6.07) is 14.0. The van der Waals surface area contributed by atoms with Crippen LogP contribution < -0.4 is 11.0 Å². The number of H-pyrrole nitrogens is 1. The number of nitrogens with one attached hydrogen (secondary N) is 2. The van der Waals surface area contributed by atoms with E-state index in [0.29, 0.717) is 15.6 Å². The molecule has 1 aromatic heterocycles. The predicted octanol–water partition coefficient (Wildman–Crippen LogP) is 3.96. The molecule has 0 saturated heterocycles. The Morgan fingerprint density at radius 2 is 2.04 bits per heavy atom. The maximum Gasteiger partial charge on any atom is 0.270 e. The highest BCUT2D eigenvalue weighted by atomic mass is 79.9. The summed E-state index contributed by atoms with van der Waals surface area (Å²) in [5, 5.41) is 13.2. The molecule has 6 nitrogen and oxygen atoms in total. The van der Waals surface area contributed by atoms with Gasteiger partial charge in [-0.25, -0.2) is 14.8 Å². The third-order valence-electron chi connectivity index (χ3n) is 3.80. The van der Waals surface area contributed by atoms with Crippen LogP contribution in [-0.4, -0.2) is 16.2 Å². The van der Waals surface area contributed by atoms with Gasteiger partial charge in [0.2, 0.25) is 5.95 Å². The molecule has 3 aromatic rings. The third kappa shape index (κ3) is 3.93. The average molecular weight is 426 g/mol. The number of aromatic amines is 1. The van der Waals surface area contributed by atoms with Crippen LogP contribution in [0.3, 0.4) is 0 Å². The summed E-state index contributed by atoms with van der Waals surface area (Å²) in [4.78, 5) is 18.9. The minimum atomic E-state index is -0.588. The number of aromatic nitrogens is 2. The molecule has 0 saturated carbocycles. The van der Waals surface area contributed by atoms with Crippen LogP contribution in [0.2, 0.25) is 0 Å². The monoisotopic (exact) mass is 425 g/mol. The van der Waals surface area contributed by atoms with Gasteiger partial charge in [-0.2, -0.15) is 10.4 Å². The normalized spacial score (nSPS) is 10.7. The fourth-order valence-corrected chi connectivity index (χ4v) is 2.69. The molecule has 0 spiro atoms. The molecule has 1 heterocycles. The van der Waals surface area contributed by atoms with E-state index in [-0.39, 0.29) is 22.8 Å². The molecule has 0 amide bonds. The number of hydrogen-bond donors (Lipinski definition) is 2. The van der Waals surface area contributed by atoms with E-state index in [2.05, 4.69) is 36.4 Å². The molecule has 0 aliphatic carbocycles. The Morgan fingerprint density at radius 1 is 1.30 bits per heavy atom. The van der Waals surface area contributed by atoms with Crippen LogP contribution in [0.1, 0.15) is 16.7 Å². The van der Waals surface area contributed by atoms with Crippen molar-refractivity contribution < 1.29 is 4.39 Å². The number of hydrazone groups is 1. The Kier molecular flexibility index (Phi) is 5.43. The molecule has 0 radical (unpaired) electrons. The van der Waals surface area contributed by atoms with Gasteiger partial charge in [-0.1, -0.05) is 46.3 Å². The summed E-state index contributed by atoms with van der Waals surface area (Å²) >= 11 is 3.26. The van der Waals surface area contributed by atoms with E-state index < -0.39 is 11.4 Å². The van der Waals surface area contributed by atoms with E-state index in [1.165, 1.54) is 6.21 Å². The fourth-order valence-electron chi connectivity index (χ4n) is 2.38. The predicted molar refractivity (Wildman–Crippen MR) is 105 cm³/mol. The number of benzene rings is 2. The lowest BCUT2D eigenvalue weighted by Crippen LogP contribution is -2.16. The molecule has 134 valence electrons. The lowest BCUT2D eigenvalue weighted by molar-refractivity contribution is 0.615. The van der Waals surface area contributed by atoms with Gasteiger partial charge in [-0.05, 0) is 24.6 Å². The van der Waals surface area contributed by atoms with E-state index in [0.717, 1.165) is 0 Å². The fraction of sp³-hybridized carbons (Fsp3) is 0.0526. The molecular weight excluding hydrogens is 413 g/mol. The zero-order chi connectivity index (χ0) is 19.4. The lowest BCUT2D eigenvalue weighted by Gasteiger charge is -2.06. The second-order valence-corrected chi connectivity index (χ2v) is 6.42. The summed E-state index contributed by atoms with van der Waals surface area (Å²) < 4.78 is 14.8. The maximum absolute atomic E-state index is 14.2. The van der Waals surface area contributed by atoms with E-state index in [1.54, 1.807) is 43.3 Å². The van der Waals surface area contributed by atoms with Crippen LogP contribution in [0, 0.1) is 24.1 Å². The van der Waals surface area contributed by atoms with Crippen LogP contribution >= 0.6 is 15.9 Å². The summed E-state index contributed by atoms with van der Waals surface area (Å²) in [5.41, 5.74) is 3.51. The zero-order valence-electron chi connectivity index (χ0n) is 14.1. The number of nitrogens with zero attached hydrogens (tertiary/aromatic N) is 3. The second-order valence-electron chi connectivity index (χ2n) is 5.56. The molecule has 0 aliphatic rings. The minimum absolute atomic E-state index is 0.0448. The third-order valence-corrected chi connectivity index (χ3v) is 4.66. The first-order chi connectivity index (χ1) is 13.0. The van der Waals surface area contributed by atoms with Crippen molar-refractivity contribution >= 4 is 28.1 Å². The molecule has 8 heteroatoms. The number of hydrogen-bond acceptors (Lipinski definition) is 5. The molecule has 0 fully saturated rings. The SMILES string of the molecule is Cc1c(Br)ccc(C=NNc2nc(-c3ccccc3)c(C#N)c(=O)[nH]2)c1F. The Labute approximate surface area is 162 Å². The van der Waals surface area contributed by atoms with Crippen molar-refractivity contribution in [1.82, 2.24) is 9.97 Å². The number of rotatable bonds is 4. The van der Waals surface area contributed by atoms with Crippen molar-refractivity contribution in [2.45, 2.75) is 6.92 Å². The summed E-state index contributed by atoms with van der Waals surface area (Å²) in [6.45, 7) is 1.65. The molecule has 2 N–H and O–H groups in total. The highest BCUT2D eigenvalue weighted by Gasteiger charge is 2.13. The molecule has 2 aromatic carbocycles. The molecule has 0 unspecified atom stereocenters. The Bertz CT molecular complexity index is 1120. The van der Waals surface area contributed by atoms with Gasteiger partial charge in [0.1, 0.15) is 17.4 Å². The zero-order valence-corrected chi connectivity index (χ0v) is 15.7. The summed E-state index contributed by atoms with van der Waals surface area (Å²) in [6.07, 6.45) is 1.29. The van der Waals surface area contributed by atoms with Crippen LogP contribution in [-0.2, 0) is 0 Å². The lowest BCUT2D eigenvalue weighted by atomic mass is 10.1. The van der Waals surface area contributed by atoms with E-state index in [1.807, 2.05) is 12.1 Å². The van der Waals surface area contributed by atoms with Gasteiger partial charge < -0.3 is 0 Å². The van der Waals surface area contributed by atoms with E-state index in [4.69, 9.17) is 0 Å². The number of anilines is 1. The van der Waals surface area contributed by atoms with Crippen molar-refractivity contribution in [1.29, 1.82) is 5.26 Å². The van der Waals surface area contributed by atoms with Crippen molar-refractivity contribution in [3.05, 3.63) is 79.8 Å². The van der Waals surface area contributed by atoms with Crippen molar-refractivity contribution in [3.8, 4) is 17.3 Å². The van der Waals surface area contributed by atoms with Gasteiger partial charge in [0.25, 0.3) is 5.56 Å². The number of halogens is 2. The van der Waals surface area contributed by atoms with Crippen molar-refractivity contribution in [3.63, 3.8) is 0 Å². The topological polar surface area (TPSA) is 93.9 Å². The smallest absolute Gasteiger partial charge is 0.270 e. The van der Waals surface area contributed by atoms with Gasteiger partial charge in [0.15, 0.2) is 0 Å². The van der Waals surface area contributed by atoms with Gasteiger partial charge in [-0.3, -0.25) is 9.78 Å². The van der Waals surface area contributed by atoms with Gasteiger partial charge >= 0.3 is 0 Å². The Hall–Kier alpha value is -3.31. The van der Waals surface area contributed by atoms with Crippen LogP contribution in [0.5, 0.6) is 0 Å². The summed E-state index contributed by atoms with van der Waals surface area (Å²) in [5.74, 6) is -0.357. The van der Waals surface area contributed by atoms with Crippen molar-refractivity contribution in [2.24, 2.45) is 5.10 Å². The Balaban J connectivity index is 1.93. The second kappa shape index (κ2) is 7.93. The van der Waals surface area contributed by atoms with Crippen LogP contribution in [0.15, 0.2) is 56.8 Å². The molecule has 27 heavy (non-hydrogen) atoms. The van der Waals surface area contributed by atoms with Gasteiger partial charge in [-0.15, -0.1) is 0 Å². The minimum Gasteiger partial charge on any atom is -0.290 e. The van der Waals surface area contributed by atoms with Crippen LogP contribution in [0.4, 0.5) is 10.3 Å². The standard InChI is InChI=1S/C19H13BrFN5O/c1-11-15(20)8-7-13(16(11)21)10-23-26-19-24-17(12-5-3-2-4-6-12)14(9-22)18(27)25-19/h2-8,10H,1H3,(H2,24,25,26,27). The molecular formula is C19H13BrFN5O. The van der Waals surface area contributed by atoms with Crippen molar-refractivity contribution in [2.75, 3.05) is 5.43 Å². The first-order valence-electron chi connectivity index (χ1n) is 7.84.